The number of nitrogens with one attached hydrogen (secondary N) is 2. The van der Waals surface area contributed by atoms with E-state index < -0.39 is 0 Å². The maximum atomic E-state index is 12.7. The number of carbonyl (C=O) groups excluding carboxylic acids is 1. The third-order valence-electron chi connectivity index (χ3n) is 4.04. The Balaban J connectivity index is 1.79. The molecular formula is C21H21N3O4. The van der Waals surface area contributed by atoms with E-state index >= 15 is 0 Å². The average Bonchev–Trinajstić information content (AvgIpc) is 2.74. The minimum atomic E-state index is -0.354. The van der Waals surface area contributed by atoms with Gasteiger partial charge in [0.25, 0.3) is 5.91 Å². The van der Waals surface area contributed by atoms with Crippen LogP contribution in [0.5, 0.6) is 17.2 Å². The van der Waals surface area contributed by atoms with Crippen LogP contribution in [0.25, 0.3) is 0 Å². The Kier molecular flexibility index (Phi) is 5.96. The smallest absolute Gasteiger partial charge is 0.274 e. The molecule has 1 aromatic heterocycles. The highest BCUT2D eigenvalue weighted by atomic mass is 16.5. The van der Waals surface area contributed by atoms with Crippen LogP contribution in [0.2, 0.25) is 0 Å². The molecule has 1 heterocycles. The highest BCUT2D eigenvalue weighted by Crippen LogP contribution is 2.30. The van der Waals surface area contributed by atoms with Gasteiger partial charge in [-0.15, -0.1) is 0 Å². The summed E-state index contributed by atoms with van der Waals surface area (Å²) in [6.07, 6.45) is 1.57. The predicted molar refractivity (Wildman–Crippen MR) is 108 cm³/mol. The Morgan fingerprint density at radius 3 is 2.39 bits per heavy atom. The van der Waals surface area contributed by atoms with Crippen molar-refractivity contribution in [3.63, 3.8) is 0 Å². The van der Waals surface area contributed by atoms with Gasteiger partial charge >= 0.3 is 0 Å². The lowest BCUT2D eigenvalue weighted by Gasteiger charge is -2.13. The fourth-order valence-corrected chi connectivity index (χ4v) is 2.62. The molecule has 28 heavy (non-hydrogen) atoms. The maximum absolute atomic E-state index is 12.7. The van der Waals surface area contributed by atoms with Crippen molar-refractivity contribution in [2.24, 2.45) is 0 Å². The first kappa shape index (κ1) is 19.0. The zero-order valence-electron chi connectivity index (χ0n) is 15.9. The molecule has 0 spiro atoms. The number of hydrogen-bond donors (Lipinski definition) is 2. The number of ether oxygens (including phenoxy) is 3. The number of anilines is 3. The third kappa shape index (κ3) is 4.32. The van der Waals surface area contributed by atoms with E-state index in [0.29, 0.717) is 28.6 Å². The Morgan fingerprint density at radius 2 is 1.64 bits per heavy atom. The van der Waals surface area contributed by atoms with Gasteiger partial charge in [0.05, 0.1) is 32.7 Å². The summed E-state index contributed by atoms with van der Waals surface area (Å²) < 4.78 is 15.8. The summed E-state index contributed by atoms with van der Waals surface area (Å²) in [5, 5.41) is 6.04. The molecule has 1 amide bonds. The van der Waals surface area contributed by atoms with Crippen LogP contribution in [0.3, 0.4) is 0 Å². The molecule has 0 fully saturated rings. The molecule has 2 N–H and O–H groups in total. The molecular weight excluding hydrogens is 358 g/mol. The SMILES string of the molecule is COc1ccc(NC(=O)c2cc(Nc3ccccc3OC)ccn2)c(OC)c1. The first-order chi connectivity index (χ1) is 13.6. The molecule has 7 heteroatoms. The molecule has 0 radical (unpaired) electrons. The number of pyridine rings is 1. The van der Waals surface area contributed by atoms with Crippen LogP contribution in [-0.2, 0) is 0 Å². The van der Waals surface area contributed by atoms with Crippen LogP contribution in [0.4, 0.5) is 17.1 Å². The van der Waals surface area contributed by atoms with E-state index in [1.807, 2.05) is 24.3 Å². The van der Waals surface area contributed by atoms with Crippen LogP contribution in [0, 0.1) is 0 Å². The number of nitrogens with zero attached hydrogens (tertiary/aromatic N) is 1. The standard InChI is InChI=1S/C21H21N3O4/c1-26-15-8-9-17(20(13-15)28-3)24-21(25)18-12-14(10-11-22-18)23-16-6-4-5-7-19(16)27-2/h4-13H,1-3H3,(H,22,23)(H,24,25). The second-order valence-corrected chi connectivity index (χ2v) is 5.78. The van der Waals surface area contributed by atoms with Gasteiger partial charge in [-0.2, -0.15) is 0 Å². The number of amides is 1. The summed E-state index contributed by atoms with van der Waals surface area (Å²) in [5.74, 6) is 1.48. The summed E-state index contributed by atoms with van der Waals surface area (Å²) in [6.45, 7) is 0. The fourth-order valence-electron chi connectivity index (χ4n) is 2.62. The molecule has 0 saturated heterocycles. The Hall–Kier alpha value is -3.74. The van der Waals surface area contributed by atoms with Gasteiger partial charge in [0.15, 0.2) is 0 Å². The molecule has 0 unspecified atom stereocenters. The Labute approximate surface area is 163 Å². The number of methoxy groups -OCH3 is 3. The molecule has 0 aliphatic carbocycles. The van der Waals surface area contributed by atoms with Gasteiger partial charge in [0.1, 0.15) is 22.9 Å². The summed E-state index contributed by atoms with van der Waals surface area (Å²) in [5.41, 5.74) is 2.29. The summed E-state index contributed by atoms with van der Waals surface area (Å²) in [4.78, 5) is 16.8. The molecule has 0 saturated carbocycles. The topological polar surface area (TPSA) is 81.7 Å². The fraction of sp³-hybridized carbons (Fsp3) is 0.143. The second kappa shape index (κ2) is 8.77. The summed E-state index contributed by atoms with van der Waals surface area (Å²) >= 11 is 0. The van der Waals surface area contributed by atoms with E-state index in [2.05, 4.69) is 15.6 Å². The highest BCUT2D eigenvalue weighted by Gasteiger charge is 2.13. The van der Waals surface area contributed by atoms with Crippen molar-refractivity contribution in [1.29, 1.82) is 0 Å². The van der Waals surface area contributed by atoms with Crippen molar-refractivity contribution in [3.8, 4) is 17.2 Å². The normalized spacial score (nSPS) is 10.1. The molecule has 0 atom stereocenters. The summed E-state index contributed by atoms with van der Waals surface area (Å²) in [7, 11) is 4.70. The molecule has 3 aromatic rings. The van der Waals surface area contributed by atoms with E-state index in [-0.39, 0.29) is 11.6 Å². The lowest BCUT2D eigenvalue weighted by molar-refractivity contribution is 0.102. The quantitative estimate of drug-likeness (QED) is 0.643. The van der Waals surface area contributed by atoms with Crippen LogP contribution < -0.4 is 24.8 Å². The molecule has 144 valence electrons. The zero-order chi connectivity index (χ0) is 19.9. The number of carbonyl (C=O) groups is 1. The van der Waals surface area contributed by atoms with Crippen LogP contribution in [0.1, 0.15) is 10.5 Å². The van der Waals surface area contributed by atoms with E-state index in [9.17, 15) is 4.79 Å². The van der Waals surface area contributed by atoms with Crippen molar-refractivity contribution >= 4 is 23.0 Å². The van der Waals surface area contributed by atoms with Gasteiger partial charge in [-0.05, 0) is 36.4 Å². The minimum absolute atomic E-state index is 0.262. The number of aromatic nitrogens is 1. The van der Waals surface area contributed by atoms with Gasteiger partial charge < -0.3 is 24.8 Å². The van der Waals surface area contributed by atoms with Gasteiger partial charge in [0, 0.05) is 18.0 Å². The zero-order valence-corrected chi connectivity index (χ0v) is 15.9. The number of para-hydroxylation sites is 2. The molecule has 7 nitrogen and oxygen atoms in total. The largest absolute Gasteiger partial charge is 0.497 e. The first-order valence-electron chi connectivity index (χ1n) is 8.54. The minimum Gasteiger partial charge on any atom is -0.497 e. The number of benzene rings is 2. The maximum Gasteiger partial charge on any atom is 0.274 e. The molecule has 0 aliphatic heterocycles. The lowest BCUT2D eigenvalue weighted by Crippen LogP contribution is -2.14. The van der Waals surface area contributed by atoms with E-state index in [1.54, 1.807) is 50.7 Å². The van der Waals surface area contributed by atoms with Crippen LogP contribution >= 0.6 is 0 Å². The second-order valence-electron chi connectivity index (χ2n) is 5.78. The van der Waals surface area contributed by atoms with Crippen molar-refractivity contribution in [3.05, 3.63) is 66.5 Å². The summed E-state index contributed by atoms with van der Waals surface area (Å²) in [6, 6.07) is 16.1. The monoisotopic (exact) mass is 379 g/mol. The first-order valence-corrected chi connectivity index (χ1v) is 8.54. The van der Waals surface area contributed by atoms with Crippen molar-refractivity contribution in [2.75, 3.05) is 32.0 Å². The van der Waals surface area contributed by atoms with Gasteiger partial charge in [0.2, 0.25) is 0 Å². The van der Waals surface area contributed by atoms with Gasteiger partial charge in [-0.25, -0.2) is 0 Å². The molecule has 3 rings (SSSR count). The number of hydrogen-bond acceptors (Lipinski definition) is 6. The average molecular weight is 379 g/mol. The third-order valence-corrected chi connectivity index (χ3v) is 4.04. The van der Waals surface area contributed by atoms with Crippen molar-refractivity contribution < 1.29 is 19.0 Å². The van der Waals surface area contributed by atoms with E-state index in [4.69, 9.17) is 14.2 Å². The van der Waals surface area contributed by atoms with Crippen LogP contribution in [-0.4, -0.2) is 32.2 Å². The van der Waals surface area contributed by atoms with Crippen LogP contribution in [0.15, 0.2) is 60.8 Å². The lowest BCUT2D eigenvalue weighted by atomic mass is 10.2. The van der Waals surface area contributed by atoms with Crippen molar-refractivity contribution in [1.82, 2.24) is 4.98 Å². The molecule has 0 aliphatic rings. The Morgan fingerprint density at radius 1 is 0.857 bits per heavy atom. The van der Waals surface area contributed by atoms with Gasteiger partial charge in [-0.1, -0.05) is 12.1 Å². The number of rotatable bonds is 7. The van der Waals surface area contributed by atoms with Gasteiger partial charge in [-0.3, -0.25) is 9.78 Å². The van der Waals surface area contributed by atoms with E-state index in [1.165, 1.54) is 7.11 Å². The molecule has 0 bridgehead atoms. The molecule has 2 aromatic carbocycles. The predicted octanol–water partition coefficient (Wildman–Crippen LogP) is 4.10. The van der Waals surface area contributed by atoms with E-state index in [0.717, 1.165) is 5.69 Å². The highest BCUT2D eigenvalue weighted by molar-refractivity contribution is 6.04. The Bertz CT molecular complexity index is 975. The van der Waals surface area contributed by atoms with Crippen molar-refractivity contribution in [2.45, 2.75) is 0 Å².